The molecule has 7 nitrogen and oxygen atoms in total. The number of rotatable bonds is 2. The first-order valence-corrected chi connectivity index (χ1v) is 8.19. The second kappa shape index (κ2) is 6.38. The molecule has 2 saturated heterocycles. The largest absolute Gasteiger partial charge is 0.325 e. The van der Waals surface area contributed by atoms with E-state index < -0.39 is 0 Å². The van der Waals surface area contributed by atoms with Gasteiger partial charge in [0.15, 0.2) is 5.82 Å². The van der Waals surface area contributed by atoms with Crippen molar-refractivity contribution in [3.05, 3.63) is 5.38 Å². The van der Waals surface area contributed by atoms with E-state index in [1.54, 1.807) is 5.38 Å². The molecule has 1 aromatic heterocycles. The molecule has 2 aliphatic heterocycles. The second-order valence-electron chi connectivity index (χ2n) is 5.52. The standard InChI is InChI=1S/C13H19N5O2S/c19-12(14-11-9-21-16-15-11)10-3-7-18(8-4-10)13(20)17-5-1-2-6-17/h9-10H,1-8H2,(H,14,19). The quantitative estimate of drug-likeness (QED) is 0.896. The summed E-state index contributed by atoms with van der Waals surface area (Å²) in [6, 6.07) is 0.134. The maximum absolute atomic E-state index is 12.3. The van der Waals surface area contributed by atoms with E-state index in [1.165, 1.54) is 11.5 Å². The fourth-order valence-electron chi connectivity index (χ4n) is 2.89. The van der Waals surface area contributed by atoms with Crippen molar-refractivity contribution in [2.24, 2.45) is 5.92 Å². The van der Waals surface area contributed by atoms with Crippen molar-refractivity contribution in [2.45, 2.75) is 25.7 Å². The Balaban J connectivity index is 1.48. The Morgan fingerprint density at radius 2 is 1.81 bits per heavy atom. The first kappa shape index (κ1) is 14.2. The molecule has 3 rings (SSSR count). The molecule has 0 spiro atoms. The van der Waals surface area contributed by atoms with Gasteiger partial charge < -0.3 is 15.1 Å². The molecule has 8 heteroatoms. The number of hydrogen-bond acceptors (Lipinski definition) is 5. The molecule has 21 heavy (non-hydrogen) atoms. The molecule has 2 fully saturated rings. The van der Waals surface area contributed by atoms with Crippen LogP contribution in [0.4, 0.5) is 10.6 Å². The van der Waals surface area contributed by atoms with Gasteiger partial charge in [-0.15, -0.1) is 5.10 Å². The number of carbonyl (C=O) groups excluding carboxylic acids is 2. The Morgan fingerprint density at radius 1 is 1.14 bits per heavy atom. The molecule has 0 radical (unpaired) electrons. The van der Waals surface area contributed by atoms with Gasteiger partial charge in [0.05, 0.1) is 5.38 Å². The number of aromatic nitrogens is 2. The minimum Gasteiger partial charge on any atom is -0.325 e. The van der Waals surface area contributed by atoms with Crippen LogP contribution < -0.4 is 5.32 Å². The Morgan fingerprint density at radius 3 is 2.43 bits per heavy atom. The Hall–Kier alpha value is -1.70. The molecule has 0 atom stereocenters. The first-order chi connectivity index (χ1) is 10.2. The third-order valence-corrected chi connectivity index (χ3v) is 4.63. The number of urea groups is 1. The smallest absolute Gasteiger partial charge is 0.319 e. The van der Waals surface area contributed by atoms with E-state index in [0.29, 0.717) is 31.7 Å². The van der Waals surface area contributed by atoms with Gasteiger partial charge in [-0.25, -0.2) is 4.79 Å². The predicted octanol–water partition coefficient (Wildman–Crippen LogP) is 1.40. The second-order valence-corrected chi connectivity index (χ2v) is 6.13. The number of carbonyl (C=O) groups is 2. The average Bonchev–Trinajstić information content (AvgIpc) is 3.20. The van der Waals surface area contributed by atoms with Crippen molar-refractivity contribution in [1.82, 2.24) is 19.4 Å². The molecule has 2 aliphatic rings. The highest BCUT2D eigenvalue weighted by Gasteiger charge is 2.30. The van der Waals surface area contributed by atoms with E-state index in [9.17, 15) is 9.59 Å². The van der Waals surface area contributed by atoms with Crippen molar-refractivity contribution in [2.75, 3.05) is 31.5 Å². The van der Waals surface area contributed by atoms with Crippen molar-refractivity contribution in [3.63, 3.8) is 0 Å². The number of anilines is 1. The van der Waals surface area contributed by atoms with E-state index in [0.717, 1.165) is 25.9 Å². The molecular formula is C13H19N5O2S. The molecule has 0 aliphatic carbocycles. The van der Waals surface area contributed by atoms with Gasteiger partial charge in [-0.05, 0) is 37.2 Å². The normalized spacial score (nSPS) is 19.8. The van der Waals surface area contributed by atoms with E-state index in [4.69, 9.17) is 0 Å². The van der Waals surface area contributed by atoms with Crippen LogP contribution >= 0.6 is 11.5 Å². The fourth-order valence-corrected chi connectivity index (χ4v) is 3.28. The summed E-state index contributed by atoms with van der Waals surface area (Å²) in [4.78, 5) is 28.2. The van der Waals surface area contributed by atoms with Gasteiger partial charge in [0, 0.05) is 32.1 Å². The molecule has 0 saturated carbocycles. The lowest BCUT2D eigenvalue weighted by atomic mass is 9.96. The number of amides is 3. The lowest BCUT2D eigenvalue weighted by Gasteiger charge is -2.33. The van der Waals surface area contributed by atoms with Gasteiger partial charge in [-0.1, -0.05) is 4.49 Å². The van der Waals surface area contributed by atoms with Gasteiger partial charge in [-0.3, -0.25) is 4.79 Å². The van der Waals surface area contributed by atoms with Crippen LogP contribution in [0.2, 0.25) is 0 Å². The van der Waals surface area contributed by atoms with E-state index in [-0.39, 0.29) is 17.9 Å². The first-order valence-electron chi connectivity index (χ1n) is 7.36. The summed E-state index contributed by atoms with van der Waals surface area (Å²) in [5.74, 6) is 0.450. The molecule has 3 heterocycles. The topological polar surface area (TPSA) is 78.4 Å². The van der Waals surface area contributed by atoms with Gasteiger partial charge in [-0.2, -0.15) is 0 Å². The van der Waals surface area contributed by atoms with E-state index in [1.807, 2.05) is 9.80 Å². The number of likely N-dealkylation sites (tertiary alicyclic amines) is 2. The van der Waals surface area contributed by atoms with Crippen molar-refractivity contribution in [3.8, 4) is 0 Å². The average molecular weight is 309 g/mol. The maximum atomic E-state index is 12.3. The minimum absolute atomic E-state index is 0.0176. The van der Waals surface area contributed by atoms with Crippen molar-refractivity contribution < 1.29 is 9.59 Å². The lowest BCUT2D eigenvalue weighted by Crippen LogP contribution is -2.47. The van der Waals surface area contributed by atoms with Crippen LogP contribution in [0.5, 0.6) is 0 Å². The number of piperidine rings is 1. The molecule has 3 amide bonds. The fraction of sp³-hybridized carbons (Fsp3) is 0.692. The Labute approximate surface area is 127 Å². The molecule has 1 aromatic rings. The predicted molar refractivity (Wildman–Crippen MR) is 79.0 cm³/mol. The van der Waals surface area contributed by atoms with Gasteiger partial charge >= 0.3 is 6.03 Å². The molecule has 0 aromatic carbocycles. The van der Waals surface area contributed by atoms with Crippen LogP contribution in [0, 0.1) is 5.92 Å². The maximum Gasteiger partial charge on any atom is 0.319 e. The van der Waals surface area contributed by atoms with Crippen molar-refractivity contribution >= 4 is 29.3 Å². The molecule has 0 bridgehead atoms. The van der Waals surface area contributed by atoms with Crippen LogP contribution in [0.15, 0.2) is 5.38 Å². The van der Waals surface area contributed by atoms with Crippen LogP contribution in [0.3, 0.4) is 0 Å². The number of hydrogen-bond donors (Lipinski definition) is 1. The number of nitrogens with one attached hydrogen (secondary N) is 1. The zero-order valence-electron chi connectivity index (χ0n) is 11.8. The zero-order valence-corrected chi connectivity index (χ0v) is 12.6. The molecule has 0 unspecified atom stereocenters. The van der Waals surface area contributed by atoms with Crippen LogP contribution in [0.1, 0.15) is 25.7 Å². The Bertz CT molecular complexity index is 493. The van der Waals surface area contributed by atoms with Gasteiger partial charge in [0.2, 0.25) is 5.91 Å². The highest BCUT2D eigenvalue weighted by molar-refractivity contribution is 7.03. The highest BCUT2D eigenvalue weighted by Crippen LogP contribution is 2.21. The summed E-state index contributed by atoms with van der Waals surface area (Å²) in [5.41, 5.74) is 0. The third-order valence-electron chi connectivity index (χ3n) is 4.12. The molecule has 114 valence electrons. The van der Waals surface area contributed by atoms with Crippen LogP contribution in [-0.2, 0) is 4.79 Å². The van der Waals surface area contributed by atoms with Crippen molar-refractivity contribution in [1.29, 1.82) is 0 Å². The molecule has 1 N–H and O–H groups in total. The SMILES string of the molecule is O=C(Nc1csnn1)C1CCN(C(=O)N2CCCC2)CC1. The molecular weight excluding hydrogens is 290 g/mol. The van der Waals surface area contributed by atoms with Crippen LogP contribution in [-0.4, -0.2) is 57.5 Å². The summed E-state index contributed by atoms with van der Waals surface area (Å²) < 4.78 is 3.72. The summed E-state index contributed by atoms with van der Waals surface area (Å²) in [6.07, 6.45) is 3.63. The summed E-state index contributed by atoms with van der Waals surface area (Å²) in [6.45, 7) is 3.05. The third kappa shape index (κ3) is 3.31. The summed E-state index contributed by atoms with van der Waals surface area (Å²) >= 11 is 1.21. The monoisotopic (exact) mass is 309 g/mol. The number of nitrogens with zero attached hydrogens (tertiary/aromatic N) is 4. The zero-order chi connectivity index (χ0) is 14.7. The lowest BCUT2D eigenvalue weighted by molar-refractivity contribution is -0.121. The van der Waals surface area contributed by atoms with E-state index in [2.05, 4.69) is 14.9 Å². The summed E-state index contributed by atoms with van der Waals surface area (Å²) in [7, 11) is 0. The Kier molecular flexibility index (Phi) is 4.33. The minimum atomic E-state index is -0.0469. The van der Waals surface area contributed by atoms with Crippen LogP contribution in [0.25, 0.3) is 0 Å². The van der Waals surface area contributed by atoms with Gasteiger partial charge in [0.25, 0.3) is 0 Å². The van der Waals surface area contributed by atoms with Gasteiger partial charge in [0.1, 0.15) is 0 Å². The summed E-state index contributed by atoms with van der Waals surface area (Å²) in [5, 5.41) is 8.30. The highest BCUT2D eigenvalue weighted by atomic mass is 32.1. The van der Waals surface area contributed by atoms with E-state index >= 15 is 0 Å².